The second-order valence-corrected chi connectivity index (χ2v) is 7.13. The highest BCUT2D eigenvalue weighted by molar-refractivity contribution is 5.76. The van der Waals surface area contributed by atoms with Crippen molar-refractivity contribution in [3.63, 3.8) is 0 Å². The van der Waals surface area contributed by atoms with E-state index in [9.17, 15) is 9.90 Å². The summed E-state index contributed by atoms with van der Waals surface area (Å²) >= 11 is 0. The number of likely N-dealkylation sites (tertiary alicyclic amines) is 1. The molecule has 1 aromatic rings. The van der Waals surface area contributed by atoms with Crippen molar-refractivity contribution in [1.82, 2.24) is 10.2 Å². The SMILES string of the molecule is CC(CC(=O)N1CCCCCC1)NC(C)CC(O)c1ccccc1. The van der Waals surface area contributed by atoms with Crippen molar-refractivity contribution in [1.29, 1.82) is 0 Å². The molecule has 2 N–H and O–H groups in total. The molecular formula is C20H32N2O2. The van der Waals surface area contributed by atoms with Gasteiger partial charge < -0.3 is 15.3 Å². The fourth-order valence-electron chi connectivity index (χ4n) is 3.47. The van der Waals surface area contributed by atoms with Crippen LogP contribution in [0.1, 0.15) is 64.0 Å². The molecule has 0 spiro atoms. The van der Waals surface area contributed by atoms with Crippen LogP contribution < -0.4 is 5.32 Å². The minimum absolute atomic E-state index is 0.124. The molecule has 3 atom stereocenters. The predicted molar refractivity (Wildman–Crippen MR) is 97.7 cm³/mol. The van der Waals surface area contributed by atoms with Crippen LogP contribution in [0.5, 0.6) is 0 Å². The molecule has 1 heterocycles. The summed E-state index contributed by atoms with van der Waals surface area (Å²) in [7, 11) is 0. The number of hydrogen-bond acceptors (Lipinski definition) is 3. The average molecular weight is 332 g/mol. The molecule has 0 radical (unpaired) electrons. The summed E-state index contributed by atoms with van der Waals surface area (Å²) in [6.45, 7) is 5.95. The number of rotatable bonds is 7. The first kappa shape index (κ1) is 18.9. The zero-order valence-electron chi connectivity index (χ0n) is 15.1. The van der Waals surface area contributed by atoms with E-state index in [2.05, 4.69) is 19.2 Å². The molecule has 0 bridgehead atoms. The quantitative estimate of drug-likeness (QED) is 0.806. The highest BCUT2D eigenvalue weighted by Crippen LogP contribution is 2.18. The molecule has 2 rings (SSSR count). The average Bonchev–Trinajstić information content (AvgIpc) is 2.84. The molecule has 1 saturated heterocycles. The number of carbonyl (C=O) groups excluding carboxylic acids is 1. The standard InChI is InChI=1S/C20H32N2O2/c1-16(14-19(23)18-10-6-5-7-11-18)21-17(2)15-20(24)22-12-8-3-4-9-13-22/h5-7,10-11,16-17,19,21,23H,3-4,8-9,12-15H2,1-2H3. The molecule has 0 saturated carbocycles. The number of carbonyl (C=O) groups is 1. The van der Waals surface area contributed by atoms with Crippen molar-refractivity contribution in [2.45, 2.75) is 70.6 Å². The molecule has 1 aliphatic heterocycles. The van der Waals surface area contributed by atoms with Crippen LogP contribution in [0.25, 0.3) is 0 Å². The van der Waals surface area contributed by atoms with E-state index >= 15 is 0 Å². The summed E-state index contributed by atoms with van der Waals surface area (Å²) in [5.74, 6) is 0.257. The minimum Gasteiger partial charge on any atom is -0.388 e. The van der Waals surface area contributed by atoms with Crippen LogP contribution in [-0.4, -0.2) is 41.1 Å². The van der Waals surface area contributed by atoms with Gasteiger partial charge in [0, 0.05) is 31.6 Å². The number of aliphatic hydroxyl groups excluding tert-OH is 1. The van der Waals surface area contributed by atoms with Crippen LogP contribution in [0, 0.1) is 0 Å². The van der Waals surface area contributed by atoms with Gasteiger partial charge in [0.1, 0.15) is 0 Å². The summed E-state index contributed by atoms with van der Waals surface area (Å²) in [6, 6.07) is 10.0. The second-order valence-electron chi connectivity index (χ2n) is 7.13. The van der Waals surface area contributed by atoms with E-state index in [0.29, 0.717) is 12.8 Å². The van der Waals surface area contributed by atoms with E-state index < -0.39 is 6.10 Å². The maximum absolute atomic E-state index is 12.4. The van der Waals surface area contributed by atoms with Crippen LogP contribution in [0.15, 0.2) is 30.3 Å². The number of nitrogens with one attached hydrogen (secondary N) is 1. The highest BCUT2D eigenvalue weighted by atomic mass is 16.3. The van der Waals surface area contributed by atoms with Crippen LogP contribution >= 0.6 is 0 Å². The van der Waals surface area contributed by atoms with Crippen molar-refractivity contribution in [3.05, 3.63) is 35.9 Å². The largest absolute Gasteiger partial charge is 0.388 e. The van der Waals surface area contributed by atoms with E-state index in [-0.39, 0.29) is 18.0 Å². The van der Waals surface area contributed by atoms with E-state index in [1.165, 1.54) is 12.8 Å². The highest BCUT2D eigenvalue weighted by Gasteiger charge is 2.20. The zero-order valence-corrected chi connectivity index (χ0v) is 15.1. The fraction of sp³-hybridized carbons (Fsp3) is 0.650. The molecule has 4 nitrogen and oxygen atoms in total. The lowest BCUT2D eigenvalue weighted by atomic mass is 10.0. The molecule has 24 heavy (non-hydrogen) atoms. The van der Waals surface area contributed by atoms with E-state index in [1.54, 1.807) is 0 Å². The molecule has 0 aromatic heterocycles. The van der Waals surface area contributed by atoms with Crippen molar-refractivity contribution in [2.24, 2.45) is 0 Å². The van der Waals surface area contributed by atoms with Gasteiger partial charge in [-0.3, -0.25) is 4.79 Å². The van der Waals surface area contributed by atoms with Crippen molar-refractivity contribution in [3.8, 4) is 0 Å². The number of hydrogen-bond donors (Lipinski definition) is 2. The van der Waals surface area contributed by atoms with Gasteiger partial charge in [-0.2, -0.15) is 0 Å². The number of benzene rings is 1. The normalized spacial score (nSPS) is 19.4. The van der Waals surface area contributed by atoms with Gasteiger partial charge in [0.05, 0.1) is 6.10 Å². The third-order valence-electron chi connectivity index (χ3n) is 4.77. The summed E-state index contributed by atoms with van der Waals surface area (Å²) in [6.07, 6.45) is 5.46. The number of amides is 1. The summed E-state index contributed by atoms with van der Waals surface area (Å²) < 4.78 is 0. The molecule has 3 unspecified atom stereocenters. The van der Waals surface area contributed by atoms with Gasteiger partial charge in [-0.15, -0.1) is 0 Å². The minimum atomic E-state index is -0.470. The van der Waals surface area contributed by atoms with Gasteiger partial charge in [0.15, 0.2) is 0 Å². The topological polar surface area (TPSA) is 52.6 Å². The first-order valence-corrected chi connectivity index (χ1v) is 9.33. The Morgan fingerprint density at radius 1 is 1.08 bits per heavy atom. The molecular weight excluding hydrogens is 300 g/mol. The summed E-state index contributed by atoms with van der Waals surface area (Å²) in [4.78, 5) is 14.4. The molecule has 0 aliphatic carbocycles. The Bertz CT molecular complexity index is 484. The monoisotopic (exact) mass is 332 g/mol. The Morgan fingerprint density at radius 3 is 2.33 bits per heavy atom. The Balaban J connectivity index is 1.74. The number of aliphatic hydroxyl groups is 1. The lowest BCUT2D eigenvalue weighted by molar-refractivity contribution is -0.131. The van der Waals surface area contributed by atoms with Gasteiger partial charge in [-0.05, 0) is 38.7 Å². The van der Waals surface area contributed by atoms with Crippen LogP contribution in [-0.2, 0) is 4.79 Å². The third kappa shape index (κ3) is 6.25. The fourth-order valence-corrected chi connectivity index (χ4v) is 3.47. The van der Waals surface area contributed by atoms with Crippen LogP contribution in [0.4, 0.5) is 0 Å². The zero-order chi connectivity index (χ0) is 17.4. The Hall–Kier alpha value is -1.39. The van der Waals surface area contributed by atoms with Crippen molar-refractivity contribution in [2.75, 3.05) is 13.1 Å². The Morgan fingerprint density at radius 2 is 1.71 bits per heavy atom. The second kappa shape index (κ2) is 9.80. The van der Waals surface area contributed by atoms with Gasteiger partial charge >= 0.3 is 0 Å². The molecule has 1 fully saturated rings. The molecule has 1 aromatic carbocycles. The maximum atomic E-state index is 12.4. The summed E-state index contributed by atoms with van der Waals surface area (Å²) in [5, 5.41) is 13.8. The maximum Gasteiger partial charge on any atom is 0.224 e. The van der Waals surface area contributed by atoms with Crippen molar-refractivity contribution < 1.29 is 9.90 Å². The van der Waals surface area contributed by atoms with Gasteiger partial charge in [-0.25, -0.2) is 0 Å². The smallest absolute Gasteiger partial charge is 0.224 e. The molecule has 4 heteroatoms. The summed E-state index contributed by atoms with van der Waals surface area (Å²) in [5.41, 5.74) is 0.944. The molecule has 1 aliphatic rings. The molecule has 134 valence electrons. The van der Waals surface area contributed by atoms with Gasteiger partial charge in [0.25, 0.3) is 0 Å². The van der Waals surface area contributed by atoms with Crippen LogP contribution in [0.3, 0.4) is 0 Å². The van der Waals surface area contributed by atoms with E-state index in [0.717, 1.165) is 31.5 Å². The molecule has 1 amide bonds. The first-order valence-electron chi connectivity index (χ1n) is 9.33. The van der Waals surface area contributed by atoms with Gasteiger partial charge in [0.2, 0.25) is 5.91 Å². The van der Waals surface area contributed by atoms with E-state index in [1.807, 2.05) is 35.2 Å². The van der Waals surface area contributed by atoms with E-state index in [4.69, 9.17) is 0 Å². The van der Waals surface area contributed by atoms with Gasteiger partial charge in [-0.1, -0.05) is 43.2 Å². The van der Waals surface area contributed by atoms with Crippen LogP contribution in [0.2, 0.25) is 0 Å². The lowest BCUT2D eigenvalue weighted by Gasteiger charge is -2.25. The third-order valence-corrected chi connectivity index (χ3v) is 4.77. The Labute approximate surface area is 146 Å². The van der Waals surface area contributed by atoms with Crippen molar-refractivity contribution >= 4 is 5.91 Å². The Kier molecular flexibility index (Phi) is 7.73. The first-order chi connectivity index (χ1) is 11.6. The number of nitrogens with zero attached hydrogens (tertiary/aromatic N) is 1. The lowest BCUT2D eigenvalue weighted by Crippen LogP contribution is -2.41. The predicted octanol–water partition coefficient (Wildman–Crippen LogP) is 3.27.